The summed E-state index contributed by atoms with van der Waals surface area (Å²) in [4.78, 5) is 15.8. The van der Waals surface area contributed by atoms with Crippen molar-refractivity contribution in [1.29, 1.82) is 0 Å². The summed E-state index contributed by atoms with van der Waals surface area (Å²) in [5, 5.41) is 14.9. The minimum atomic E-state index is -0.851. The molecule has 0 atom stereocenters. The first-order valence-electron chi connectivity index (χ1n) is 7.25. The number of nitrogens with one attached hydrogen (secondary N) is 1. The molecule has 24 heavy (non-hydrogen) atoms. The Hall–Kier alpha value is -2.80. The maximum absolute atomic E-state index is 13.6. The lowest BCUT2D eigenvalue weighted by Crippen LogP contribution is -2.04. The van der Waals surface area contributed by atoms with E-state index in [0.717, 1.165) is 27.2 Å². The van der Waals surface area contributed by atoms with E-state index in [1.165, 1.54) is 23.5 Å². The fraction of sp³-hybridized carbons (Fsp3) is 0.118. The number of aromatic nitrogens is 1. The average molecular weight is 343 g/mol. The first-order valence-corrected chi connectivity index (χ1v) is 8.06. The SMILES string of the molecule is Cc1nc(-c2ccccc2)sc1CNc1cccc(F)c1[N+](=O)[O-]. The molecule has 1 heterocycles. The number of hydrogen-bond donors (Lipinski definition) is 1. The predicted molar refractivity (Wildman–Crippen MR) is 92.7 cm³/mol. The Labute approximate surface area is 142 Å². The third-order valence-corrected chi connectivity index (χ3v) is 4.73. The van der Waals surface area contributed by atoms with E-state index in [2.05, 4.69) is 10.3 Å². The minimum absolute atomic E-state index is 0.161. The number of anilines is 1. The number of thiazole rings is 1. The van der Waals surface area contributed by atoms with Crippen molar-refractivity contribution in [2.24, 2.45) is 0 Å². The van der Waals surface area contributed by atoms with Gasteiger partial charge in [-0.3, -0.25) is 10.1 Å². The lowest BCUT2D eigenvalue weighted by molar-refractivity contribution is -0.386. The van der Waals surface area contributed by atoms with Crippen LogP contribution in [0.2, 0.25) is 0 Å². The Kier molecular flexibility index (Phi) is 4.52. The highest BCUT2D eigenvalue weighted by Crippen LogP contribution is 2.31. The quantitative estimate of drug-likeness (QED) is 0.535. The van der Waals surface area contributed by atoms with E-state index in [1.807, 2.05) is 37.3 Å². The van der Waals surface area contributed by atoms with E-state index in [1.54, 1.807) is 0 Å². The Bertz CT molecular complexity index is 881. The van der Waals surface area contributed by atoms with E-state index in [0.29, 0.717) is 6.54 Å². The summed E-state index contributed by atoms with van der Waals surface area (Å²) in [6.07, 6.45) is 0. The second-order valence-corrected chi connectivity index (χ2v) is 6.22. The van der Waals surface area contributed by atoms with Gasteiger partial charge in [-0.25, -0.2) is 4.98 Å². The van der Waals surface area contributed by atoms with Crippen LogP contribution < -0.4 is 5.32 Å². The fourth-order valence-electron chi connectivity index (χ4n) is 2.32. The number of nitro groups is 1. The second-order valence-electron chi connectivity index (χ2n) is 5.14. The number of rotatable bonds is 5. The normalized spacial score (nSPS) is 10.6. The Morgan fingerprint density at radius 1 is 1.21 bits per heavy atom. The number of benzene rings is 2. The molecule has 3 rings (SSSR count). The molecule has 5 nitrogen and oxygen atoms in total. The van der Waals surface area contributed by atoms with Crippen molar-refractivity contribution in [2.75, 3.05) is 5.32 Å². The summed E-state index contributed by atoms with van der Waals surface area (Å²) in [5.41, 5.74) is 1.50. The van der Waals surface area contributed by atoms with Gasteiger partial charge < -0.3 is 5.32 Å². The van der Waals surface area contributed by atoms with E-state index in [9.17, 15) is 14.5 Å². The number of halogens is 1. The van der Waals surface area contributed by atoms with Gasteiger partial charge in [-0.05, 0) is 19.1 Å². The van der Waals surface area contributed by atoms with E-state index in [4.69, 9.17) is 0 Å². The van der Waals surface area contributed by atoms with Gasteiger partial charge in [0.15, 0.2) is 0 Å². The molecule has 0 amide bonds. The van der Waals surface area contributed by atoms with E-state index in [-0.39, 0.29) is 5.69 Å². The van der Waals surface area contributed by atoms with Gasteiger partial charge in [0, 0.05) is 10.4 Å². The lowest BCUT2D eigenvalue weighted by atomic mass is 10.2. The summed E-state index contributed by atoms with van der Waals surface area (Å²) >= 11 is 1.51. The van der Waals surface area contributed by atoms with Crippen LogP contribution in [-0.4, -0.2) is 9.91 Å². The van der Waals surface area contributed by atoms with Crippen molar-refractivity contribution < 1.29 is 9.31 Å². The standard InChI is InChI=1S/C17H14FN3O2S/c1-11-15(24-17(20-11)12-6-3-2-4-7-12)10-19-14-9-5-8-13(18)16(14)21(22)23/h2-9,19H,10H2,1H3. The third kappa shape index (κ3) is 3.26. The Balaban J connectivity index is 1.83. The number of hydrogen-bond acceptors (Lipinski definition) is 5. The van der Waals surface area contributed by atoms with Crippen LogP contribution in [0.5, 0.6) is 0 Å². The zero-order valence-corrected chi connectivity index (χ0v) is 13.6. The summed E-state index contributed by atoms with van der Waals surface area (Å²) in [5.74, 6) is -0.851. The highest BCUT2D eigenvalue weighted by atomic mass is 32.1. The maximum Gasteiger partial charge on any atom is 0.327 e. The van der Waals surface area contributed by atoms with E-state index < -0.39 is 16.4 Å². The molecule has 122 valence electrons. The van der Waals surface area contributed by atoms with Crippen molar-refractivity contribution in [3.8, 4) is 10.6 Å². The Morgan fingerprint density at radius 3 is 2.67 bits per heavy atom. The molecular formula is C17H14FN3O2S. The molecule has 3 aromatic rings. The zero-order valence-electron chi connectivity index (χ0n) is 12.8. The second kappa shape index (κ2) is 6.76. The van der Waals surface area contributed by atoms with Gasteiger partial charge in [-0.15, -0.1) is 11.3 Å². The zero-order chi connectivity index (χ0) is 17.1. The molecule has 1 N–H and O–H groups in total. The van der Waals surface area contributed by atoms with Gasteiger partial charge in [-0.2, -0.15) is 4.39 Å². The first-order chi connectivity index (χ1) is 11.6. The highest BCUT2D eigenvalue weighted by Gasteiger charge is 2.20. The van der Waals surface area contributed by atoms with Gasteiger partial charge >= 0.3 is 5.69 Å². The van der Waals surface area contributed by atoms with Crippen LogP contribution in [0, 0.1) is 22.9 Å². The molecule has 0 saturated carbocycles. The van der Waals surface area contributed by atoms with Crippen LogP contribution in [0.25, 0.3) is 10.6 Å². The number of nitro benzene ring substituents is 1. The van der Waals surface area contributed by atoms with Crippen molar-refractivity contribution in [3.05, 3.63) is 75.0 Å². The van der Waals surface area contributed by atoms with Gasteiger partial charge in [0.05, 0.1) is 17.2 Å². The third-order valence-electron chi connectivity index (χ3n) is 3.52. The van der Waals surface area contributed by atoms with Gasteiger partial charge in [0.25, 0.3) is 0 Å². The monoisotopic (exact) mass is 343 g/mol. The highest BCUT2D eigenvalue weighted by molar-refractivity contribution is 7.15. The summed E-state index contributed by atoms with van der Waals surface area (Å²) < 4.78 is 13.6. The van der Waals surface area contributed by atoms with Crippen molar-refractivity contribution in [2.45, 2.75) is 13.5 Å². The molecule has 0 unspecified atom stereocenters. The molecule has 0 spiro atoms. The van der Waals surface area contributed by atoms with Crippen LogP contribution in [0.1, 0.15) is 10.6 Å². The molecule has 0 aliphatic carbocycles. The predicted octanol–water partition coefficient (Wildman–Crippen LogP) is 4.78. The van der Waals surface area contributed by atoms with Crippen LogP contribution >= 0.6 is 11.3 Å². The Morgan fingerprint density at radius 2 is 1.96 bits per heavy atom. The molecule has 0 saturated heterocycles. The van der Waals surface area contributed by atoms with Gasteiger partial charge in [0.1, 0.15) is 10.7 Å². The first kappa shape index (κ1) is 16.1. The van der Waals surface area contributed by atoms with Crippen LogP contribution in [0.4, 0.5) is 15.8 Å². The van der Waals surface area contributed by atoms with E-state index >= 15 is 0 Å². The van der Waals surface area contributed by atoms with Crippen LogP contribution in [0.3, 0.4) is 0 Å². The summed E-state index contributed by atoms with van der Waals surface area (Å²) in [6, 6.07) is 13.8. The average Bonchev–Trinajstić information content (AvgIpc) is 2.94. The largest absolute Gasteiger partial charge is 0.374 e. The van der Waals surface area contributed by atoms with Crippen LogP contribution in [0.15, 0.2) is 48.5 Å². The smallest absolute Gasteiger partial charge is 0.327 e. The molecule has 7 heteroatoms. The number of aryl methyl sites for hydroxylation is 1. The molecule has 0 fully saturated rings. The molecule has 1 aromatic heterocycles. The molecular weight excluding hydrogens is 329 g/mol. The van der Waals surface area contributed by atoms with Crippen molar-refractivity contribution in [3.63, 3.8) is 0 Å². The lowest BCUT2D eigenvalue weighted by Gasteiger charge is -2.06. The summed E-state index contributed by atoms with van der Waals surface area (Å²) in [6.45, 7) is 2.24. The molecule has 0 aliphatic rings. The topological polar surface area (TPSA) is 68.1 Å². The maximum atomic E-state index is 13.6. The van der Waals surface area contributed by atoms with Crippen LogP contribution in [-0.2, 0) is 6.54 Å². The minimum Gasteiger partial charge on any atom is -0.374 e. The van der Waals surface area contributed by atoms with Gasteiger partial charge in [-0.1, -0.05) is 36.4 Å². The number of para-hydroxylation sites is 1. The fourth-order valence-corrected chi connectivity index (χ4v) is 3.32. The van der Waals surface area contributed by atoms with Crippen molar-refractivity contribution in [1.82, 2.24) is 4.98 Å². The molecule has 0 bridgehead atoms. The molecule has 2 aromatic carbocycles. The van der Waals surface area contributed by atoms with Gasteiger partial charge in [0.2, 0.25) is 5.82 Å². The van der Waals surface area contributed by atoms with Crippen molar-refractivity contribution >= 4 is 22.7 Å². The molecule has 0 aliphatic heterocycles. The number of nitrogens with zero attached hydrogens (tertiary/aromatic N) is 2. The summed E-state index contributed by atoms with van der Waals surface area (Å²) in [7, 11) is 0. The molecule has 0 radical (unpaired) electrons.